The molecular formula is C11H17N3O3. The van der Waals surface area contributed by atoms with Gasteiger partial charge in [-0.25, -0.2) is 4.98 Å². The molecule has 6 nitrogen and oxygen atoms in total. The standard InChI is InChI=1S/C11H17N3O3/c1-7-3-4-8(17-7)11(16)13-9-5-12-10(6-15)14(9)2/h5,7-8,15H,3-4,6H2,1-2H3,(H,13,16). The second-order valence-electron chi connectivity index (χ2n) is 4.28. The molecule has 2 atom stereocenters. The van der Waals surface area contributed by atoms with E-state index in [1.165, 1.54) is 6.20 Å². The molecule has 2 unspecified atom stereocenters. The molecule has 1 fully saturated rings. The highest BCUT2D eigenvalue weighted by Crippen LogP contribution is 2.20. The van der Waals surface area contributed by atoms with Crippen molar-refractivity contribution in [3.8, 4) is 0 Å². The van der Waals surface area contributed by atoms with E-state index in [1.807, 2.05) is 6.92 Å². The second-order valence-corrected chi connectivity index (χ2v) is 4.28. The molecule has 1 aromatic heterocycles. The highest BCUT2D eigenvalue weighted by molar-refractivity contribution is 5.93. The van der Waals surface area contributed by atoms with Crippen LogP contribution in [0.15, 0.2) is 6.20 Å². The summed E-state index contributed by atoms with van der Waals surface area (Å²) >= 11 is 0. The Morgan fingerprint density at radius 2 is 2.47 bits per heavy atom. The van der Waals surface area contributed by atoms with Crippen LogP contribution in [0.2, 0.25) is 0 Å². The Hall–Kier alpha value is -1.40. The van der Waals surface area contributed by atoms with Crippen molar-refractivity contribution in [1.29, 1.82) is 0 Å². The van der Waals surface area contributed by atoms with Crippen LogP contribution < -0.4 is 5.32 Å². The van der Waals surface area contributed by atoms with Crippen molar-refractivity contribution in [3.63, 3.8) is 0 Å². The zero-order valence-electron chi connectivity index (χ0n) is 10.0. The number of carbonyl (C=O) groups excluding carboxylic acids is 1. The van der Waals surface area contributed by atoms with E-state index in [2.05, 4.69) is 10.3 Å². The molecule has 0 bridgehead atoms. The van der Waals surface area contributed by atoms with Crippen LogP contribution in [0.4, 0.5) is 5.82 Å². The van der Waals surface area contributed by atoms with Gasteiger partial charge in [0.2, 0.25) is 0 Å². The minimum atomic E-state index is -0.377. The third kappa shape index (κ3) is 2.48. The van der Waals surface area contributed by atoms with Gasteiger partial charge < -0.3 is 19.7 Å². The van der Waals surface area contributed by atoms with Crippen molar-refractivity contribution in [2.24, 2.45) is 7.05 Å². The fourth-order valence-electron chi connectivity index (χ4n) is 1.91. The number of aliphatic hydroxyl groups excluding tert-OH is 1. The van der Waals surface area contributed by atoms with E-state index in [1.54, 1.807) is 11.6 Å². The monoisotopic (exact) mass is 239 g/mol. The van der Waals surface area contributed by atoms with E-state index in [9.17, 15) is 4.79 Å². The van der Waals surface area contributed by atoms with Gasteiger partial charge in [-0.3, -0.25) is 4.79 Å². The van der Waals surface area contributed by atoms with Gasteiger partial charge in [-0.15, -0.1) is 0 Å². The fourth-order valence-corrected chi connectivity index (χ4v) is 1.91. The Bertz CT molecular complexity index is 416. The first-order chi connectivity index (χ1) is 8.11. The summed E-state index contributed by atoms with van der Waals surface area (Å²) in [5.41, 5.74) is 0. The van der Waals surface area contributed by atoms with E-state index in [4.69, 9.17) is 9.84 Å². The number of imidazole rings is 1. The Morgan fingerprint density at radius 1 is 1.71 bits per heavy atom. The number of nitrogens with one attached hydrogen (secondary N) is 1. The predicted octanol–water partition coefficient (Wildman–Crippen LogP) is 0.418. The third-order valence-corrected chi connectivity index (χ3v) is 3.00. The minimum absolute atomic E-state index is 0.144. The minimum Gasteiger partial charge on any atom is -0.388 e. The predicted molar refractivity (Wildman–Crippen MR) is 61.3 cm³/mol. The lowest BCUT2D eigenvalue weighted by Crippen LogP contribution is -2.28. The summed E-state index contributed by atoms with van der Waals surface area (Å²) in [6, 6.07) is 0. The normalized spacial score (nSPS) is 23.9. The van der Waals surface area contributed by atoms with Crippen LogP contribution in [0.1, 0.15) is 25.6 Å². The number of aliphatic hydroxyl groups is 1. The average molecular weight is 239 g/mol. The quantitative estimate of drug-likeness (QED) is 0.801. The number of rotatable bonds is 3. The molecule has 0 radical (unpaired) electrons. The lowest BCUT2D eigenvalue weighted by Gasteiger charge is -2.12. The van der Waals surface area contributed by atoms with Crippen LogP contribution in [0.5, 0.6) is 0 Å². The number of nitrogens with zero attached hydrogens (tertiary/aromatic N) is 2. The van der Waals surface area contributed by atoms with Crippen LogP contribution in [-0.4, -0.2) is 32.8 Å². The first-order valence-electron chi connectivity index (χ1n) is 5.69. The van der Waals surface area contributed by atoms with Gasteiger partial charge in [0.25, 0.3) is 5.91 Å². The van der Waals surface area contributed by atoms with Crippen molar-refractivity contribution in [2.45, 2.75) is 38.6 Å². The molecule has 2 heterocycles. The van der Waals surface area contributed by atoms with Crippen LogP contribution >= 0.6 is 0 Å². The molecule has 94 valence electrons. The Morgan fingerprint density at radius 3 is 3.00 bits per heavy atom. The summed E-state index contributed by atoms with van der Waals surface area (Å²) in [7, 11) is 1.74. The van der Waals surface area contributed by atoms with E-state index in [-0.39, 0.29) is 24.7 Å². The highest BCUT2D eigenvalue weighted by Gasteiger charge is 2.28. The molecular weight excluding hydrogens is 222 g/mol. The lowest BCUT2D eigenvalue weighted by atomic mass is 10.2. The van der Waals surface area contributed by atoms with Gasteiger partial charge in [-0.05, 0) is 19.8 Å². The maximum atomic E-state index is 11.9. The molecule has 1 aromatic rings. The first kappa shape index (κ1) is 12.1. The van der Waals surface area contributed by atoms with Crippen LogP contribution in [0.25, 0.3) is 0 Å². The number of ether oxygens (including phenoxy) is 1. The van der Waals surface area contributed by atoms with Crippen molar-refractivity contribution in [1.82, 2.24) is 9.55 Å². The largest absolute Gasteiger partial charge is 0.388 e. The molecule has 1 amide bonds. The fraction of sp³-hybridized carbons (Fsp3) is 0.636. The maximum Gasteiger partial charge on any atom is 0.254 e. The number of hydrogen-bond donors (Lipinski definition) is 2. The summed E-state index contributed by atoms with van der Waals surface area (Å²) in [5, 5.41) is 11.7. The lowest BCUT2D eigenvalue weighted by molar-refractivity contribution is -0.126. The van der Waals surface area contributed by atoms with Gasteiger partial charge in [-0.2, -0.15) is 0 Å². The highest BCUT2D eigenvalue weighted by atomic mass is 16.5. The van der Waals surface area contributed by atoms with Gasteiger partial charge >= 0.3 is 0 Å². The second kappa shape index (κ2) is 4.85. The molecule has 2 rings (SSSR count). The van der Waals surface area contributed by atoms with Crippen LogP contribution in [0.3, 0.4) is 0 Å². The zero-order valence-corrected chi connectivity index (χ0v) is 10.0. The molecule has 17 heavy (non-hydrogen) atoms. The van der Waals surface area contributed by atoms with Crippen molar-refractivity contribution >= 4 is 11.7 Å². The van der Waals surface area contributed by atoms with Gasteiger partial charge in [0, 0.05) is 7.05 Å². The molecule has 0 aromatic carbocycles. The molecule has 0 saturated carbocycles. The summed E-state index contributed by atoms with van der Waals surface area (Å²) in [6.45, 7) is 1.81. The van der Waals surface area contributed by atoms with E-state index < -0.39 is 0 Å². The Balaban J connectivity index is 2.00. The number of hydrogen-bond acceptors (Lipinski definition) is 4. The Labute approximate surface area is 99.6 Å². The van der Waals surface area contributed by atoms with Crippen molar-refractivity contribution in [2.75, 3.05) is 5.32 Å². The first-order valence-corrected chi connectivity index (χ1v) is 5.69. The summed E-state index contributed by atoms with van der Waals surface area (Å²) in [4.78, 5) is 15.9. The molecule has 6 heteroatoms. The van der Waals surface area contributed by atoms with Gasteiger partial charge in [0.1, 0.15) is 24.4 Å². The number of anilines is 1. The number of aromatic nitrogens is 2. The number of carbonyl (C=O) groups is 1. The molecule has 1 aliphatic rings. The average Bonchev–Trinajstić information content (AvgIpc) is 2.87. The van der Waals surface area contributed by atoms with Crippen molar-refractivity contribution in [3.05, 3.63) is 12.0 Å². The van der Waals surface area contributed by atoms with Crippen molar-refractivity contribution < 1.29 is 14.6 Å². The van der Waals surface area contributed by atoms with Gasteiger partial charge in [0.15, 0.2) is 0 Å². The maximum absolute atomic E-state index is 11.9. The summed E-state index contributed by atoms with van der Waals surface area (Å²) in [5.74, 6) is 0.935. The molecule has 0 spiro atoms. The Kier molecular flexibility index (Phi) is 3.44. The number of amides is 1. The van der Waals surface area contributed by atoms with E-state index in [0.717, 1.165) is 12.8 Å². The molecule has 1 aliphatic heterocycles. The van der Waals surface area contributed by atoms with E-state index in [0.29, 0.717) is 11.6 Å². The van der Waals surface area contributed by atoms with Crippen LogP contribution in [-0.2, 0) is 23.2 Å². The smallest absolute Gasteiger partial charge is 0.254 e. The third-order valence-electron chi connectivity index (χ3n) is 3.00. The molecule has 0 aliphatic carbocycles. The zero-order chi connectivity index (χ0) is 12.4. The van der Waals surface area contributed by atoms with Gasteiger partial charge in [-0.1, -0.05) is 0 Å². The SMILES string of the molecule is CC1CCC(C(=O)Nc2cnc(CO)n2C)O1. The summed E-state index contributed by atoms with van der Waals surface area (Å²) in [6.07, 6.45) is 2.95. The van der Waals surface area contributed by atoms with Gasteiger partial charge in [0.05, 0.1) is 12.3 Å². The topological polar surface area (TPSA) is 76.4 Å². The van der Waals surface area contributed by atoms with Crippen LogP contribution in [0, 0.1) is 0 Å². The van der Waals surface area contributed by atoms with E-state index >= 15 is 0 Å². The molecule has 2 N–H and O–H groups in total. The summed E-state index contributed by atoms with van der Waals surface area (Å²) < 4.78 is 7.13. The molecule has 1 saturated heterocycles.